The van der Waals surface area contributed by atoms with E-state index in [1.54, 1.807) is 36.4 Å². The molecule has 4 aromatic rings. The molecule has 3 aromatic carbocycles. The summed E-state index contributed by atoms with van der Waals surface area (Å²) in [5.41, 5.74) is 1.78. The Morgan fingerprint density at radius 1 is 1.03 bits per heavy atom. The molecule has 0 radical (unpaired) electrons. The maximum atomic E-state index is 14.5. The number of H-pyrrole nitrogens is 1. The number of methoxy groups -OCH3 is 1. The minimum absolute atomic E-state index is 0.0193. The number of carbonyl (C=O) groups excluding carboxylic acids is 3. The van der Waals surface area contributed by atoms with Crippen LogP contribution >= 0.6 is 0 Å². The quantitative estimate of drug-likeness (QED) is 0.352. The number of ether oxygens (including phenoxy) is 1. The summed E-state index contributed by atoms with van der Waals surface area (Å²) in [6, 6.07) is 15.6. The second-order valence-electron chi connectivity index (χ2n) is 7.18. The summed E-state index contributed by atoms with van der Waals surface area (Å²) in [6.45, 7) is 3.55. The van der Waals surface area contributed by atoms with Gasteiger partial charge in [-0.15, -0.1) is 0 Å². The Hall–Kier alpha value is -4.79. The molecule has 170 valence electrons. The number of anilines is 2. The van der Waals surface area contributed by atoms with Gasteiger partial charge in [0.1, 0.15) is 0 Å². The predicted octanol–water partition coefficient (Wildman–Crippen LogP) is 5.01. The molecule has 0 aliphatic carbocycles. The van der Waals surface area contributed by atoms with Crippen molar-refractivity contribution in [2.24, 2.45) is 0 Å². The molecule has 0 aliphatic heterocycles. The molecule has 0 fully saturated rings. The smallest absolute Gasteiger partial charge is 0.413 e. The minimum Gasteiger partial charge on any atom is -0.453 e. The van der Waals surface area contributed by atoms with Gasteiger partial charge in [0.2, 0.25) is 5.95 Å². The molecule has 0 bridgehead atoms. The van der Waals surface area contributed by atoms with Crippen LogP contribution in [0, 0.1) is 5.82 Å². The number of nitrogens with one attached hydrogen (secondary N) is 3. The van der Waals surface area contributed by atoms with Crippen LogP contribution in [0.2, 0.25) is 0 Å². The molecule has 1 aromatic heterocycles. The molecule has 3 N–H and O–H groups in total. The molecule has 2 amide bonds. The van der Waals surface area contributed by atoms with Crippen LogP contribution < -0.4 is 10.6 Å². The van der Waals surface area contributed by atoms with Gasteiger partial charge >= 0.3 is 6.09 Å². The van der Waals surface area contributed by atoms with Crippen molar-refractivity contribution in [2.75, 3.05) is 17.7 Å². The number of carbonyl (C=O) groups is 3. The van der Waals surface area contributed by atoms with Crippen molar-refractivity contribution in [2.45, 2.75) is 0 Å². The van der Waals surface area contributed by atoms with Gasteiger partial charge in [0.15, 0.2) is 11.6 Å². The number of hydrogen-bond acceptors (Lipinski definition) is 5. The Labute approximate surface area is 193 Å². The van der Waals surface area contributed by atoms with Gasteiger partial charge in [-0.3, -0.25) is 14.9 Å². The third kappa shape index (κ3) is 4.40. The first-order chi connectivity index (χ1) is 16.4. The number of hydrogen-bond donors (Lipinski definition) is 3. The number of aromatic nitrogens is 2. The first-order valence-corrected chi connectivity index (χ1v) is 10.1. The second kappa shape index (κ2) is 9.37. The van der Waals surface area contributed by atoms with Crippen LogP contribution in [0.4, 0.5) is 20.8 Å². The predicted molar refractivity (Wildman–Crippen MR) is 126 cm³/mol. The van der Waals surface area contributed by atoms with Crippen LogP contribution in [0.15, 0.2) is 67.2 Å². The number of amides is 2. The third-order valence-electron chi connectivity index (χ3n) is 5.06. The van der Waals surface area contributed by atoms with E-state index in [0.29, 0.717) is 16.6 Å². The van der Waals surface area contributed by atoms with Crippen molar-refractivity contribution in [1.82, 2.24) is 9.97 Å². The first-order valence-electron chi connectivity index (χ1n) is 10.1. The summed E-state index contributed by atoms with van der Waals surface area (Å²) in [5, 5.41) is 4.94. The average Bonchev–Trinajstić information content (AvgIpc) is 3.26. The topological polar surface area (TPSA) is 113 Å². The van der Waals surface area contributed by atoms with Gasteiger partial charge in [-0.25, -0.2) is 14.2 Å². The number of rotatable bonds is 6. The van der Waals surface area contributed by atoms with Crippen molar-refractivity contribution < 1.29 is 23.5 Å². The van der Waals surface area contributed by atoms with Gasteiger partial charge < -0.3 is 15.0 Å². The molecular formula is C25H19FN4O4. The lowest BCUT2D eigenvalue weighted by atomic mass is 9.97. The summed E-state index contributed by atoms with van der Waals surface area (Å²) in [6.07, 6.45) is 0.658. The van der Waals surface area contributed by atoms with E-state index in [-0.39, 0.29) is 28.3 Å². The molecule has 4 rings (SSSR count). The Kier molecular flexibility index (Phi) is 6.18. The van der Waals surface area contributed by atoms with E-state index in [9.17, 15) is 18.8 Å². The van der Waals surface area contributed by atoms with E-state index < -0.39 is 23.6 Å². The minimum atomic E-state index is -0.689. The molecule has 0 saturated heterocycles. The number of nitrogens with zero attached hydrogens (tertiary/aromatic N) is 1. The summed E-state index contributed by atoms with van der Waals surface area (Å²) < 4.78 is 19.1. The molecule has 8 nitrogen and oxygen atoms in total. The van der Waals surface area contributed by atoms with Gasteiger partial charge in [0, 0.05) is 16.7 Å². The average molecular weight is 458 g/mol. The van der Waals surface area contributed by atoms with E-state index in [1.165, 1.54) is 37.5 Å². The van der Waals surface area contributed by atoms with Crippen molar-refractivity contribution in [3.8, 4) is 0 Å². The molecule has 0 aliphatic rings. The standard InChI is InChI=1S/C25H19FN4O4/c1-3-14-7-6-10-19(21(14)26)27-23(32)17-9-5-4-8-16(17)22(31)15-11-12-18-20(13-15)29-24(28-18)30-25(33)34-2/h3-13H,1H2,2H3,(H,27,32)(H2,28,29,30,33). The van der Waals surface area contributed by atoms with E-state index in [1.807, 2.05) is 0 Å². The zero-order valence-electron chi connectivity index (χ0n) is 18.0. The molecule has 0 saturated carbocycles. The highest BCUT2D eigenvalue weighted by Crippen LogP contribution is 2.23. The lowest BCUT2D eigenvalue weighted by molar-refractivity contribution is 0.0996. The Bertz CT molecular complexity index is 1440. The Balaban J connectivity index is 1.64. The van der Waals surface area contributed by atoms with Crippen molar-refractivity contribution in [3.05, 3.63) is 95.3 Å². The van der Waals surface area contributed by atoms with Gasteiger partial charge in [-0.05, 0) is 30.3 Å². The summed E-state index contributed by atoms with van der Waals surface area (Å²) in [7, 11) is 1.23. The fraction of sp³-hybridized carbons (Fsp3) is 0.0400. The van der Waals surface area contributed by atoms with Gasteiger partial charge in [-0.1, -0.05) is 43.0 Å². The summed E-state index contributed by atoms with van der Waals surface area (Å²) >= 11 is 0. The molecule has 9 heteroatoms. The SMILES string of the molecule is C=Cc1cccc(NC(=O)c2ccccc2C(=O)c2ccc3nc(NC(=O)OC)[nH]c3c2)c1F. The molecular weight excluding hydrogens is 439 g/mol. The van der Waals surface area contributed by atoms with Crippen LogP contribution in [-0.2, 0) is 4.74 Å². The second-order valence-corrected chi connectivity index (χ2v) is 7.18. The molecule has 0 atom stereocenters. The highest BCUT2D eigenvalue weighted by Gasteiger charge is 2.20. The van der Waals surface area contributed by atoms with Gasteiger partial charge in [0.25, 0.3) is 5.91 Å². The number of benzene rings is 3. The van der Waals surface area contributed by atoms with Crippen LogP contribution in [0.3, 0.4) is 0 Å². The Morgan fingerprint density at radius 2 is 1.79 bits per heavy atom. The fourth-order valence-corrected chi connectivity index (χ4v) is 3.39. The van der Waals surface area contributed by atoms with E-state index in [0.717, 1.165) is 0 Å². The molecule has 1 heterocycles. The van der Waals surface area contributed by atoms with Gasteiger partial charge in [0.05, 0.1) is 29.4 Å². The van der Waals surface area contributed by atoms with Crippen LogP contribution in [-0.4, -0.2) is 34.9 Å². The van der Waals surface area contributed by atoms with Gasteiger partial charge in [-0.2, -0.15) is 0 Å². The van der Waals surface area contributed by atoms with E-state index in [4.69, 9.17) is 0 Å². The number of fused-ring (bicyclic) bond motifs is 1. The highest BCUT2D eigenvalue weighted by atomic mass is 19.1. The zero-order valence-corrected chi connectivity index (χ0v) is 18.0. The summed E-state index contributed by atoms with van der Waals surface area (Å²) in [4.78, 5) is 44.7. The number of halogens is 1. The molecule has 34 heavy (non-hydrogen) atoms. The van der Waals surface area contributed by atoms with Crippen molar-refractivity contribution >= 4 is 46.5 Å². The third-order valence-corrected chi connectivity index (χ3v) is 5.06. The van der Waals surface area contributed by atoms with E-state index in [2.05, 4.69) is 31.9 Å². The van der Waals surface area contributed by atoms with Crippen LogP contribution in [0.5, 0.6) is 0 Å². The fourth-order valence-electron chi connectivity index (χ4n) is 3.39. The van der Waals surface area contributed by atoms with Crippen LogP contribution in [0.1, 0.15) is 31.8 Å². The first kappa shape index (κ1) is 22.4. The zero-order chi connectivity index (χ0) is 24.2. The van der Waals surface area contributed by atoms with Crippen molar-refractivity contribution in [3.63, 3.8) is 0 Å². The summed E-state index contributed by atoms with van der Waals surface area (Å²) in [5.74, 6) is -1.49. The monoisotopic (exact) mass is 458 g/mol. The van der Waals surface area contributed by atoms with Crippen molar-refractivity contribution in [1.29, 1.82) is 0 Å². The van der Waals surface area contributed by atoms with E-state index >= 15 is 0 Å². The lowest BCUT2D eigenvalue weighted by Crippen LogP contribution is -2.17. The normalized spacial score (nSPS) is 10.5. The highest BCUT2D eigenvalue weighted by molar-refractivity contribution is 6.18. The maximum absolute atomic E-state index is 14.5. The van der Waals surface area contributed by atoms with Crippen LogP contribution in [0.25, 0.3) is 17.1 Å². The number of imidazole rings is 1. The molecule has 0 spiro atoms. The number of ketones is 1. The Morgan fingerprint density at radius 3 is 2.53 bits per heavy atom. The maximum Gasteiger partial charge on any atom is 0.413 e. The lowest BCUT2D eigenvalue weighted by Gasteiger charge is -2.11. The largest absolute Gasteiger partial charge is 0.453 e. The number of aromatic amines is 1. The molecule has 0 unspecified atom stereocenters.